The largest absolute Gasteiger partial charge is 0.355 e. The van der Waals surface area contributed by atoms with E-state index in [0.717, 1.165) is 49.3 Å². The van der Waals surface area contributed by atoms with E-state index in [4.69, 9.17) is 0 Å². The molecule has 28 heavy (non-hydrogen) atoms. The fourth-order valence-electron chi connectivity index (χ4n) is 3.12. The van der Waals surface area contributed by atoms with E-state index < -0.39 is 0 Å². The van der Waals surface area contributed by atoms with E-state index in [9.17, 15) is 9.59 Å². The monoisotopic (exact) mass is 384 g/mol. The number of fused-ring (bicyclic) bond motifs is 1. The van der Waals surface area contributed by atoms with Crippen molar-refractivity contribution in [3.8, 4) is 0 Å². The third-order valence-corrected chi connectivity index (χ3v) is 4.64. The van der Waals surface area contributed by atoms with Gasteiger partial charge >= 0.3 is 0 Å². The van der Waals surface area contributed by atoms with Crippen LogP contribution in [0.15, 0.2) is 43.1 Å². The molecule has 1 aliphatic rings. The van der Waals surface area contributed by atoms with Gasteiger partial charge in [0.05, 0.1) is 6.54 Å². The summed E-state index contributed by atoms with van der Waals surface area (Å²) >= 11 is 0. The zero-order valence-electron chi connectivity index (χ0n) is 17.0. The van der Waals surface area contributed by atoms with E-state index in [1.54, 1.807) is 6.92 Å². The van der Waals surface area contributed by atoms with Gasteiger partial charge in [0.25, 0.3) is 0 Å². The Balaban J connectivity index is 1.61. The summed E-state index contributed by atoms with van der Waals surface area (Å²) in [4.78, 5) is 27.3. The number of carbonyl (C=O) groups excluding carboxylic acids is 2. The van der Waals surface area contributed by atoms with Gasteiger partial charge in [0, 0.05) is 24.0 Å². The number of amides is 1. The van der Waals surface area contributed by atoms with Gasteiger partial charge < -0.3 is 20.4 Å². The van der Waals surface area contributed by atoms with E-state index >= 15 is 0 Å². The smallest absolute Gasteiger partial charge is 0.239 e. The van der Waals surface area contributed by atoms with Crippen LogP contribution < -0.4 is 15.5 Å². The standard InChI is InChI=1S/C22H32N4O2/c1-18-10-15-26(21-9-5-4-8-20(18)21)17-22(28)24-12-7-14-25(3)13-6-11-23-16-19(2)27/h4-5,8-10,15,23H,1,6-7,11-14,16-17H2,2-3H3,(H,24,28). The minimum absolute atomic E-state index is 0.0167. The van der Waals surface area contributed by atoms with Gasteiger partial charge in [-0.05, 0) is 64.2 Å². The van der Waals surface area contributed by atoms with Crippen molar-refractivity contribution in [2.45, 2.75) is 19.8 Å². The molecule has 0 bridgehead atoms. The summed E-state index contributed by atoms with van der Waals surface area (Å²) in [5.74, 6) is 0.181. The molecular weight excluding hydrogens is 352 g/mol. The van der Waals surface area contributed by atoms with Crippen LogP contribution in [0.4, 0.5) is 5.69 Å². The Morgan fingerprint density at radius 2 is 1.86 bits per heavy atom. The van der Waals surface area contributed by atoms with Crippen LogP contribution in [-0.4, -0.2) is 62.9 Å². The Kier molecular flexibility index (Phi) is 8.91. The summed E-state index contributed by atoms with van der Waals surface area (Å²) in [6.07, 6.45) is 5.77. The highest BCUT2D eigenvalue weighted by Gasteiger charge is 2.16. The van der Waals surface area contributed by atoms with Gasteiger partial charge in [-0.1, -0.05) is 24.8 Å². The van der Waals surface area contributed by atoms with Gasteiger partial charge in [-0.25, -0.2) is 0 Å². The second-order valence-corrected chi connectivity index (χ2v) is 7.23. The highest BCUT2D eigenvalue weighted by molar-refractivity contribution is 5.89. The summed E-state index contributed by atoms with van der Waals surface area (Å²) in [6.45, 7) is 9.79. The van der Waals surface area contributed by atoms with Crippen molar-refractivity contribution < 1.29 is 9.59 Å². The van der Waals surface area contributed by atoms with Crippen LogP contribution in [0.25, 0.3) is 5.57 Å². The highest BCUT2D eigenvalue weighted by atomic mass is 16.2. The second-order valence-electron chi connectivity index (χ2n) is 7.23. The molecule has 0 unspecified atom stereocenters. The van der Waals surface area contributed by atoms with Gasteiger partial charge in [0.2, 0.25) is 5.91 Å². The summed E-state index contributed by atoms with van der Waals surface area (Å²) in [5.41, 5.74) is 3.05. The minimum atomic E-state index is 0.0167. The van der Waals surface area contributed by atoms with E-state index in [-0.39, 0.29) is 11.7 Å². The number of anilines is 1. The molecule has 0 saturated heterocycles. The molecule has 0 spiro atoms. The van der Waals surface area contributed by atoms with Crippen LogP contribution in [0.3, 0.4) is 0 Å². The molecule has 6 nitrogen and oxygen atoms in total. The number of nitrogens with one attached hydrogen (secondary N) is 2. The number of rotatable bonds is 12. The lowest BCUT2D eigenvalue weighted by atomic mass is 10.0. The fraction of sp³-hybridized carbons (Fsp3) is 0.455. The minimum Gasteiger partial charge on any atom is -0.355 e. The average Bonchev–Trinajstić information content (AvgIpc) is 2.67. The first kappa shape index (κ1) is 21.9. The van der Waals surface area contributed by atoms with Crippen molar-refractivity contribution in [1.82, 2.24) is 15.5 Å². The molecule has 6 heteroatoms. The van der Waals surface area contributed by atoms with E-state index in [1.165, 1.54) is 0 Å². The Bertz CT molecular complexity index is 714. The van der Waals surface area contributed by atoms with Crippen LogP contribution in [-0.2, 0) is 9.59 Å². The molecular formula is C22H32N4O2. The lowest BCUT2D eigenvalue weighted by molar-refractivity contribution is -0.119. The number of nitrogens with zero attached hydrogens (tertiary/aromatic N) is 2. The quantitative estimate of drug-likeness (QED) is 0.540. The van der Waals surface area contributed by atoms with Crippen molar-refractivity contribution in [3.63, 3.8) is 0 Å². The zero-order valence-corrected chi connectivity index (χ0v) is 17.0. The Hall–Kier alpha value is -2.44. The third-order valence-electron chi connectivity index (χ3n) is 4.64. The molecule has 1 aliphatic heterocycles. The number of Topliss-reactive ketones (excluding diaryl/α,β-unsaturated/α-hetero) is 1. The van der Waals surface area contributed by atoms with E-state index in [2.05, 4.69) is 29.2 Å². The lowest BCUT2D eigenvalue weighted by Crippen LogP contribution is -2.37. The number of para-hydroxylation sites is 1. The summed E-state index contributed by atoms with van der Waals surface area (Å²) in [7, 11) is 2.08. The summed E-state index contributed by atoms with van der Waals surface area (Å²) < 4.78 is 0. The SMILES string of the molecule is C=C1C=CN(CC(=O)NCCCN(C)CCCNCC(C)=O)c2ccccc21. The third kappa shape index (κ3) is 7.29. The molecule has 0 aromatic heterocycles. The molecule has 1 aromatic carbocycles. The first-order valence-corrected chi connectivity index (χ1v) is 9.86. The average molecular weight is 385 g/mol. The first-order chi connectivity index (χ1) is 13.5. The van der Waals surface area contributed by atoms with Crippen molar-refractivity contribution in [2.75, 3.05) is 51.2 Å². The molecule has 1 heterocycles. The fourth-order valence-corrected chi connectivity index (χ4v) is 3.12. The lowest BCUT2D eigenvalue weighted by Gasteiger charge is -2.26. The van der Waals surface area contributed by atoms with Crippen LogP contribution in [0.2, 0.25) is 0 Å². The Morgan fingerprint density at radius 3 is 2.61 bits per heavy atom. The van der Waals surface area contributed by atoms with Gasteiger partial charge in [-0.3, -0.25) is 9.59 Å². The molecule has 1 amide bonds. The molecule has 0 aliphatic carbocycles. The molecule has 0 saturated carbocycles. The Labute approximate surface area is 168 Å². The van der Waals surface area contributed by atoms with Crippen LogP contribution in [0.1, 0.15) is 25.3 Å². The predicted octanol–water partition coefficient (Wildman–Crippen LogP) is 2.04. The van der Waals surface area contributed by atoms with Gasteiger partial charge in [-0.2, -0.15) is 0 Å². The molecule has 0 atom stereocenters. The maximum absolute atomic E-state index is 12.3. The number of ketones is 1. The maximum atomic E-state index is 12.3. The topological polar surface area (TPSA) is 64.7 Å². The number of carbonyl (C=O) groups is 2. The predicted molar refractivity (Wildman–Crippen MR) is 115 cm³/mol. The second kappa shape index (κ2) is 11.4. The molecule has 0 radical (unpaired) electrons. The van der Waals surface area contributed by atoms with Crippen molar-refractivity contribution in [1.29, 1.82) is 0 Å². The number of hydrogen-bond donors (Lipinski definition) is 2. The molecule has 1 aromatic rings. The Morgan fingerprint density at radius 1 is 1.14 bits per heavy atom. The molecule has 2 rings (SSSR count). The van der Waals surface area contributed by atoms with Crippen molar-refractivity contribution in [2.24, 2.45) is 0 Å². The van der Waals surface area contributed by atoms with Crippen LogP contribution >= 0.6 is 0 Å². The van der Waals surface area contributed by atoms with E-state index in [1.807, 2.05) is 41.4 Å². The number of hydrogen-bond acceptors (Lipinski definition) is 5. The van der Waals surface area contributed by atoms with Crippen molar-refractivity contribution >= 4 is 23.0 Å². The highest BCUT2D eigenvalue weighted by Crippen LogP contribution is 2.31. The first-order valence-electron chi connectivity index (χ1n) is 9.86. The van der Waals surface area contributed by atoms with E-state index in [0.29, 0.717) is 19.6 Å². The molecule has 2 N–H and O–H groups in total. The normalized spacial score (nSPS) is 13.0. The summed E-state index contributed by atoms with van der Waals surface area (Å²) in [6, 6.07) is 7.99. The molecule has 152 valence electrons. The molecule has 0 fully saturated rings. The zero-order chi connectivity index (χ0) is 20.4. The van der Waals surface area contributed by atoms with Crippen LogP contribution in [0, 0.1) is 0 Å². The van der Waals surface area contributed by atoms with Gasteiger partial charge in [0.1, 0.15) is 12.3 Å². The maximum Gasteiger partial charge on any atom is 0.239 e. The number of allylic oxidation sites excluding steroid dienone is 2. The van der Waals surface area contributed by atoms with Gasteiger partial charge in [-0.15, -0.1) is 0 Å². The van der Waals surface area contributed by atoms with Gasteiger partial charge in [0.15, 0.2) is 0 Å². The number of benzene rings is 1. The summed E-state index contributed by atoms with van der Waals surface area (Å²) in [5, 5.41) is 6.12. The van der Waals surface area contributed by atoms with Crippen LogP contribution in [0.5, 0.6) is 0 Å². The van der Waals surface area contributed by atoms with Crippen molar-refractivity contribution in [3.05, 3.63) is 48.7 Å².